The zero-order valence-electron chi connectivity index (χ0n) is 15.6. The molecule has 0 aromatic heterocycles. The van der Waals surface area contributed by atoms with Crippen molar-refractivity contribution < 1.29 is 23.9 Å². The van der Waals surface area contributed by atoms with Gasteiger partial charge in [0.05, 0.1) is 35.8 Å². The molecule has 0 radical (unpaired) electrons. The van der Waals surface area contributed by atoms with E-state index in [0.29, 0.717) is 17.8 Å². The first-order chi connectivity index (χ1) is 13.4. The summed E-state index contributed by atoms with van der Waals surface area (Å²) >= 11 is 0. The Balaban J connectivity index is 1.76. The fourth-order valence-electron chi connectivity index (χ4n) is 4.75. The molecular formula is C18H21N5O5. The lowest BCUT2D eigenvalue weighted by Crippen LogP contribution is -2.55. The number of fused-ring (bicyclic) bond motifs is 4. The molecule has 3 heterocycles. The van der Waals surface area contributed by atoms with Gasteiger partial charge in [-0.2, -0.15) is 5.26 Å². The number of amides is 1. The third-order valence-corrected chi connectivity index (χ3v) is 5.97. The Kier molecular flexibility index (Phi) is 4.17. The van der Waals surface area contributed by atoms with E-state index in [1.807, 2.05) is 11.0 Å². The van der Waals surface area contributed by atoms with Gasteiger partial charge in [-0.3, -0.25) is 9.59 Å². The molecule has 4 atom stereocenters. The number of Topliss-reactive ketones (excluding diaryl/α,β-unsaturated/α-hetero) is 2. The largest absolute Gasteiger partial charge is 0.449 e. The van der Waals surface area contributed by atoms with E-state index >= 15 is 0 Å². The van der Waals surface area contributed by atoms with Crippen LogP contribution in [0.1, 0.15) is 13.3 Å². The maximum Gasteiger partial charge on any atom is 0.404 e. The molecule has 10 heteroatoms. The lowest BCUT2D eigenvalue weighted by molar-refractivity contribution is -0.137. The topological polar surface area (TPSA) is 157 Å². The lowest BCUT2D eigenvalue weighted by Gasteiger charge is -2.39. The number of methoxy groups -OCH3 is 1. The first kappa shape index (κ1) is 18.5. The Morgan fingerprint density at radius 2 is 2.21 bits per heavy atom. The summed E-state index contributed by atoms with van der Waals surface area (Å²) in [5.41, 5.74) is 5.21. The Hall–Kier alpha value is -2.90. The van der Waals surface area contributed by atoms with Crippen LogP contribution >= 0.6 is 0 Å². The molecule has 0 aromatic carbocycles. The molecule has 4 rings (SSSR count). The van der Waals surface area contributed by atoms with E-state index in [1.54, 1.807) is 6.92 Å². The van der Waals surface area contributed by atoms with Gasteiger partial charge < -0.3 is 30.7 Å². The van der Waals surface area contributed by atoms with Crippen LogP contribution in [0.25, 0.3) is 0 Å². The Bertz CT molecular complexity index is 887. The van der Waals surface area contributed by atoms with Crippen LogP contribution in [0.5, 0.6) is 0 Å². The van der Waals surface area contributed by atoms with Gasteiger partial charge in [-0.15, -0.1) is 0 Å². The molecule has 28 heavy (non-hydrogen) atoms. The summed E-state index contributed by atoms with van der Waals surface area (Å²) in [5.74, 6) is -1.27. The Morgan fingerprint density at radius 3 is 2.86 bits per heavy atom. The van der Waals surface area contributed by atoms with E-state index in [4.69, 9.17) is 20.5 Å². The van der Waals surface area contributed by atoms with Crippen molar-refractivity contribution in [2.24, 2.45) is 11.7 Å². The third-order valence-electron chi connectivity index (χ3n) is 5.97. The number of nitrogens with one attached hydrogen (secondary N) is 2. The fourth-order valence-corrected chi connectivity index (χ4v) is 4.75. The van der Waals surface area contributed by atoms with Crippen molar-refractivity contribution in [3.05, 3.63) is 22.5 Å². The van der Waals surface area contributed by atoms with Crippen molar-refractivity contribution in [1.82, 2.24) is 15.5 Å². The number of nitriles is 1. The molecule has 4 N–H and O–H groups in total. The SMILES string of the molecule is COC12[C@@H]3N[C@@H]3CN1C1=C(C(=O)C(NCCC#N)=C(C)C1=O)[C@@H]2COC(N)=O. The summed E-state index contributed by atoms with van der Waals surface area (Å²) in [6.45, 7) is 2.19. The molecule has 0 spiro atoms. The normalized spacial score (nSPS) is 32.8. The number of nitrogens with zero attached hydrogens (tertiary/aromatic N) is 2. The first-order valence-electron chi connectivity index (χ1n) is 9.04. The standard InChI is InChI=1S/C18H21N5O5/c1-8-12(21-5-3-4-19)15(25)11-9(7-28-17(20)26)18(27-2)16-10(22-16)6-23(18)13(11)14(8)24/h9-10,16,21-22H,3,5-7H2,1-2H3,(H2,20,26)/t9-,10+,16+,18?/m0/s1. The van der Waals surface area contributed by atoms with Gasteiger partial charge >= 0.3 is 6.09 Å². The number of nitrogens with two attached hydrogens (primary N) is 1. The number of allylic oxidation sites excluding steroid dienone is 2. The molecule has 1 unspecified atom stereocenters. The van der Waals surface area contributed by atoms with Crippen LogP contribution in [0.15, 0.2) is 22.5 Å². The number of rotatable bonds is 6. The van der Waals surface area contributed by atoms with E-state index in [1.165, 1.54) is 7.11 Å². The van der Waals surface area contributed by atoms with Gasteiger partial charge in [0, 0.05) is 37.4 Å². The molecule has 0 aromatic rings. The van der Waals surface area contributed by atoms with Crippen molar-refractivity contribution in [3.8, 4) is 6.07 Å². The second-order valence-corrected chi connectivity index (χ2v) is 7.26. The van der Waals surface area contributed by atoms with Crippen LogP contribution in [0.2, 0.25) is 0 Å². The highest BCUT2D eigenvalue weighted by molar-refractivity contribution is 6.25. The zero-order valence-corrected chi connectivity index (χ0v) is 15.6. The zero-order chi connectivity index (χ0) is 20.2. The number of ether oxygens (including phenoxy) is 2. The molecule has 148 valence electrons. The van der Waals surface area contributed by atoms with Crippen LogP contribution in [0.4, 0.5) is 4.79 Å². The van der Waals surface area contributed by atoms with Gasteiger partial charge in [-0.25, -0.2) is 4.79 Å². The van der Waals surface area contributed by atoms with Crippen molar-refractivity contribution in [2.75, 3.05) is 26.8 Å². The quantitative estimate of drug-likeness (QED) is 0.292. The average molecular weight is 387 g/mol. The predicted molar refractivity (Wildman–Crippen MR) is 94.2 cm³/mol. The average Bonchev–Trinajstić information content (AvgIpc) is 3.27. The van der Waals surface area contributed by atoms with Gasteiger partial charge in [0.25, 0.3) is 0 Å². The van der Waals surface area contributed by atoms with Crippen molar-refractivity contribution in [1.29, 1.82) is 5.26 Å². The van der Waals surface area contributed by atoms with Gasteiger partial charge in [0.15, 0.2) is 5.72 Å². The van der Waals surface area contributed by atoms with Crippen LogP contribution < -0.4 is 16.4 Å². The molecular weight excluding hydrogens is 366 g/mol. The minimum Gasteiger partial charge on any atom is -0.449 e. The van der Waals surface area contributed by atoms with Crippen molar-refractivity contribution in [2.45, 2.75) is 31.2 Å². The van der Waals surface area contributed by atoms with Gasteiger partial charge in [0.2, 0.25) is 11.6 Å². The highest BCUT2D eigenvalue weighted by Gasteiger charge is 2.72. The van der Waals surface area contributed by atoms with Crippen LogP contribution in [0.3, 0.4) is 0 Å². The van der Waals surface area contributed by atoms with Crippen molar-refractivity contribution >= 4 is 17.7 Å². The number of piperazine rings is 1. The summed E-state index contributed by atoms with van der Waals surface area (Å²) in [5, 5.41) is 15.0. The summed E-state index contributed by atoms with van der Waals surface area (Å²) in [6, 6.07) is 2.06. The van der Waals surface area contributed by atoms with Gasteiger partial charge in [0.1, 0.15) is 6.61 Å². The number of hydrogen-bond donors (Lipinski definition) is 3. The molecule has 1 aliphatic carbocycles. The maximum atomic E-state index is 13.3. The summed E-state index contributed by atoms with van der Waals surface area (Å²) in [4.78, 5) is 39.6. The Labute approximate surface area is 161 Å². The second kappa shape index (κ2) is 6.32. The molecule has 10 nitrogen and oxygen atoms in total. The highest BCUT2D eigenvalue weighted by atomic mass is 16.6. The minimum absolute atomic E-state index is 0.0829. The number of ketones is 2. The van der Waals surface area contributed by atoms with E-state index in [2.05, 4.69) is 10.6 Å². The highest BCUT2D eigenvalue weighted by Crippen LogP contribution is 2.55. The van der Waals surface area contributed by atoms with E-state index in [-0.39, 0.29) is 54.5 Å². The van der Waals surface area contributed by atoms with Crippen LogP contribution in [-0.2, 0) is 19.1 Å². The van der Waals surface area contributed by atoms with Gasteiger partial charge in [-0.1, -0.05) is 0 Å². The number of carbonyl (C=O) groups is 3. The van der Waals surface area contributed by atoms with E-state index in [9.17, 15) is 14.4 Å². The molecule has 2 fully saturated rings. The second-order valence-electron chi connectivity index (χ2n) is 7.26. The maximum absolute atomic E-state index is 13.3. The van der Waals surface area contributed by atoms with Gasteiger partial charge in [-0.05, 0) is 6.92 Å². The number of primary amides is 1. The molecule has 4 aliphatic rings. The first-order valence-corrected chi connectivity index (χ1v) is 9.04. The lowest BCUT2D eigenvalue weighted by atomic mass is 9.82. The fraction of sp³-hybridized carbons (Fsp3) is 0.556. The minimum atomic E-state index is -0.988. The smallest absolute Gasteiger partial charge is 0.404 e. The Morgan fingerprint density at radius 1 is 1.46 bits per heavy atom. The van der Waals surface area contributed by atoms with Crippen molar-refractivity contribution in [3.63, 3.8) is 0 Å². The molecule has 0 bridgehead atoms. The molecule has 2 saturated heterocycles. The summed E-state index contributed by atoms with van der Waals surface area (Å²) < 4.78 is 10.9. The molecule has 1 amide bonds. The molecule has 3 aliphatic heterocycles. The van der Waals surface area contributed by atoms with E-state index < -0.39 is 17.7 Å². The molecule has 0 saturated carbocycles. The van der Waals surface area contributed by atoms with E-state index in [0.717, 1.165) is 0 Å². The third kappa shape index (κ3) is 2.30. The predicted octanol–water partition coefficient (Wildman–Crippen LogP) is -1.11. The number of carbonyl (C=O) groups excluding carboxylic acids is 3. The number of hydrogen-bond acceptors (Lipinski definition) is 9. The van der Waals surface area contributed by atoms with Crippen LogP contribution in [-0.4, -0.2) is 67.2 Å². The van der Waals surface area contributed by atoms with Crippen LogP contribution in [0, 0.1) is 17.2 Å². The summed E-state index contributed by atoms with van der Waals surface area (Å²) in [7, 11) is 1.52. The monoisotopic (exact) mass is 387 g/mol. The summed E-state index contributed by atoms with van der Waals surface area (Å²) in [6.07, 6.45) is -0.765.